The average Bonchev–Trinajstić information content (AvgIpc) is 2.77. The maximum atomic E-state index is 12.6. The topological polar surface area (TPSA) is 77.0 Å². The molecule has 0 aromatic heterocycles. The van der Waals surface area contributed by atoms with Gasteiger partial charge in [-0.05, 0) is 61.9 Å². The number of carbonyl (C=O) groups excluding carboxylic acids is 2. The zero-order chi connectivity index (χ0) is 24.0. The molecule has 0 heterocycles. The molecule has 9 heteroatoms. The fraction of sp³-hybridized carbons (Fsp3) is 0.125. The average molecular weight is 550 g/mol. The van der Waals surface area contributed by atoms with Gasteiger partial charge in [0.2, 0.25) is 0 Å². The normalized spacial score (nSPS) is 11.8. The van der Waals surface area contributed by atoms with E-state index in [0.717, 1.165) is 10.0 Å². The molecule has 170 valence electrons. The summed E-state index contributed by atoms with van der Waals surface area (Å²) in [5.74, 6) is -0.367. The fourth-order valence-electron chi connectivity index (χ4n) is 2.74. The molecule has 3 rings (SSSR count). The van der Waals surface area contributed by atoms with Crippen LogP contribution in [0.5, 0.6) is 11.5 Å². The summed E-state index contributed by atoms with van der Waals surface area (Å²) < 4.78 is 11.9. The summed E-state index contributed by atoms with van der Waals surface area (Å²) in [5.41, 5.74) is 4.15. The molecule has 0 aliphatic rings. The van der Waals surface area contributed by atoms with Crippen molar-refractivity contribution in [1.82, 2.24) is 5.43 Å². The summed E-state index contributed by atoms with van der Waals surface area (Å²) >= 11 is 15.3. The SMILES string of the molecule is Cc1ccccc1C(=O)Oc1ccc(Br)cc1/C=N\NC(=O)[C@@H](C)Oc1ccc(Cl)cc1Cl. The number of nitrogens with one attached hydrogen (secondary N) is 1. The van der Waals surface area contributed by atoms with Gasteiger partial charge in [0.05, 0.1) is 16.8 Å². The Hall–Kier alpha value is -2.87. The highest BCUT2D eigenvalue weighted by Crippen LogP contribution is 2.28. The molecular formula is C24H19BrCl2N2O4. The first-order valence-electron chi connectivity index (χ1n) is 9.76. The van der Waals surface area contributed by atoms with Gasteiger partial charge in [-0.1, -0.05) is 57.3 Å². The van der Waals surface area contributed by atoms with Crippen LogP contribution in [0.15, 0.2) is 70.2 Å². The van der Waals surface area contributed by atoms with E-state index >= 15 is 0 Å². The highest BCUT2D eigenvalue weighted by atomic mass is 79.9. The first-order valence-corrected chi connectivity index (χ1v) is 11.3. The first kappa shape index (κ1) is 24.8. The minimum Gasteiger partial charge on any atom is -0.479 e. The lowest BCUT2D eigenvalue weighted by Gasteiger charge is -2.14. The minimum atomic E-state index is -0.873. The van der Waals surface area contributed by atoms with Crippen molar-refractivity contribution < 1.29 is 19.1 Å². The third kappa shape index (κ3) is 6.81. The standard InChI is InChI=1S/C24H19BrCl2N2O4/c1-14-5-3-4-6-19(14)24(31)33-21-9-7-17(25)11-16(21)13-28-29-23(30)15(2)32-22-10-8-18(26)12-20(22)27/h3-13,15H,1-2H3,(H,29,30)/b28-13-/t15-/m1/s1. The molecule has 1 amide bonds. The van der Waals surface area contributed by atoms with E-state index in [4.69, 9.17) is 32.7 Å². The third-order valence-electron chi connectivity index (χ3n) is 4.48. The molecule has 6 nitrogen and oxygen atoms in total. The second kappa shape index (κ2) is 11.3. The van der Waals surface area contributed by atoms with Crippen LogP contribution in [0.2, 0.25) is 10.0 Å². The Morgan fingerprint density at radius 3 is 2.52 bits per heavy atom. The number of aryl methyl sites for hydroxylation is 1. The molecule has 0 unspecified atom stereocenters. The molecule has 0 fully saturated rings. The molecular weight excluding hydrogens is 531 g/mol. The fourth-order valence-corrected chi connectivity index (χ4v) is 3.57. The quantitative estimate of drug-likeness (QED) is 0.165. The van der Waals surface area contributed by atoms with Crippen LogP contribution in [0, 0.1) is 6.92 Å². The van der Waals surface area contributed by atoms with Gasteiger partial charge in [-0.25, -0.2) is 10.2 Å². The Bertz CT molecular complexity index is 1220. The van der Waals surface area contributed by atoms with Crippen LogP contribution >= 0.6 is 39.1 Å². The van der Waals surface area contributed by atoms with Crippen molar-refractivity contribution in [2.24, 2.45) is 5.10 Å². The molecule has 0 bridgehead atoms. The zero-order valence-corrected chi connectivity index (χ0v) is 20.7. The molecule has 0 saturated heterocycles. The van der Waals surface area contributed by atoms with Crippen LogP contribution in [0.1, 0.15) is 28.4 Å². The molecule has 0 radical (unpaired) electrons. The summed E-state index contributed by atoms with van der Waals surface area (Å²) in [6.45, 7) is 3.39. The summed E-state index contributed by atoms with van der Waals surface area (Å²) in [7, 11) is 0. The number of nitrogens with zero attached hydrogens (tertiary/aromatic N) is 1. The van der Waals surface area contributed by atoms with E-state index in [1.54, 1.807) is 49.4 Å². The van der Waals surface area contributed by atoms with Crippen molar-refractivity contribution >= 4 is 57.2 Å². The molecule has 0 spiro atoms. The number of benzene rings is 3. The van der Waals surface area contributed by atoms with E-state index in [0.29, 0.717) is 32.7 Å². The highest BCUT2D eigenvalue weighted by Gasteiger charge is 2.16. The van der Waals surface area contributed by atoms with Gasteiger partial charge in [0.25, 0.3) is 5.91 Å². The molecule has 0 saturated carbocycles. The van der Waals surface area contributed by atoms with Crippen LogP contribution in [0.3, 0.4) is 0 Å². The second-order valence-electron chi connectivity index (χ2n) is 6.96. The predicted molar refractivity (Wildman–Crippen MR) is 133 cm³/mol. The Morgan fingerprint density at radius 1 is 1.06 bits per heavy atom. The number of rotatable bonds is 7. The number of ether oxygens (including phenoxy) is 2. The van der Waals surface area contributed by atoms with Crippen LogP contribution in [0.25, 0.3) is 0 Å². The molecule has 0 aliphatic heterocycles. The zero-order valence-electron chi connectivity index (χ0n) is 17.6. The number of amides is 1. The maximum Gasteiger partial charge on any atom is 0.343 e. The molecule has 33 heavy (non-hydrogen) atoms. The van der Waals surface area contributed by atoms with Crippen LogP contribution in [0.4, 0.5) is 0 Å². The first-order chi connectivity index (χ1) is 15.7. The number of halogens is 3. The Morgan fingerprint density at radius 2 is 1.79 bits per heavy atom. The smallest absolute Gasteiger partial charge is 0.343 e. The molecule has 1 atom stereocenters. The van der Waals surface area contributed by atoms with Crippen LogP contribution < -0.4 is 14.9 Å². The van der Waals surface area contributed by atoms with Gasteiger partial charge in [-0.15, -0.1) is 0 Å². The molecule has 3 aromatic carbocycles. The van der Waals surface area contributed by atoms with Gasteiger partial charge in [0.1, 0.15) is 11.5 Å². The summed E-state index contributed by atoms with van der Waals surface area (Å²) in [6, 6.07) is 16.9. The number of hydrogen-bond acceptors (Lipinski definition) is 5. The van der Waals surface area contributed by atoms with E-state index in [9.17, 15) is 9.59 Å². The Balaban J connectivity index is 1.68. The minimum absolute atomic E-state index is 0.292. The van der Waals surface area contributed by atoms with E-state index in [1.165, 1.54) is 12.3 Å². The van der Waals surface area contributed by atoms with Crippen molar-refractivity contribution in [1.29, 1.82) is 0 Å². The summed E-state index contributed by atoms with van der Waals surface area (Å²) in [4.78, 5) is 24.9. The predicted octanol–water partition coefficient (Wildman–Crippen LogP) is 6.20. The van der Waals surface area contributed by atoms with Crippen molar-refractivity contribution in [3.8, 4) is 11.5 Å². The lowest BCUT2D eigenvalue weighted by atomic mass is 10.1. The van der Waals surface area contributed by atoms with Crippen molar-refractivity contribution in [3.63, 3.8) is 0 Å². The number of hydrogen-bond donors (Lipinski definition) is 1. The van der Waals surface area contributed by atoms with Crippen molar-refractivity contribution in [3.05, 3.63) is 91.9 Å². The number of carbonyl (C=O) groups is 2. The highest BCUT2D eigenvalue weighted by molar-refractivity contribution is 9.10. The lowest BCUT2D eigenvalue weighted by molar-refractivity contribution is -0.127. The Labute approximate surface area is 209 Å². The largest absolute Gasteiger partial charge is 0.479 e. The van der Waals surface area contributed by atoms with E-state index in [-0.39, 0.29) is 0 Å². The van der Waals surface area contributed by atoms with Crippen LogP contribution in [-0.4, -0.2) is 24.2 Å². The van der Waals surface area contributed by atoms with E-state index in [1.807, 2.05) is 19.1 Å². The van der Waals surface area contributed by atoms with Gasteiger partial charge < -0.3 is 9.47 Å². The van der Waals surface area contributed by atoms with Gasteiger partial charge in [0.15, 0.2) is 6.10 Å². The van der Waals surface area contributed by atoms with Crippen molar-refractivity contribution in [2.45, 2.75) is 20.0 Å². The van der Waals surface area contributed by atoms with Gasteiger partial charge in [0, 0.05) is 15.1 Å². The lowest BCUT2D eigenvalue weighted by Crippen LogP contribution is -2.33. The Kier molecular flexibility index (Phi) is 8.49. The molecule has 1 N–H and O–H groups in total. The van der Waals surface area contributed by atoms with Crippen LogP contribution in [-0.2, 0) is 4.79 Å². The third-order valence-corrected chi connectivity index (χ3v) is 5.51. The van der Waals surface area contributed by atoms with E-state index in [2.05, 4.69) is 26.5 Å². The maximum absolute atomic E-state index is 12.6. The van der Waals surface area contributed by atoms with E-state index < -0.39 is 18.0 Å². The van der Waals surface area contributed by atoms with Gasteiger partial charge in [-0.2, -0.15) is 5.10 Å². The number of esters is 1. The summed E-state index contributed by atoms with van der Waals surface area (Å²) in [6.07, 6.45) is 0.507. The molecule has 0 aliphatic carbocycles. The molecule has 3 aromatic rings. The van der Waals surface area contributed by atoms with Gasteiger partial charge >= 0.3 is 5.97 Å². The van der Waals surface area contributed by atoms with Gasteiger partial charge in [-0.3, -0.25) is 4.79 Å². The second-order valence-corrected chi connectivity index (χ2v) is 8.71. The van der Waals surface area contributed by atoms with Crippen molar-refractivity contribution in [2.75, 3.05) is 0 Å². The number of hydrazone groups is 1. The summed E-state index contributed by atoms with van der Waals surface area (Å²) in [5, 5.41) is 4.72. The monoisotopic (exact) mass is 548 g/mol.